The highest BCUT2D eigenvalue weighted by Gasteiger charge is 2.39. The fourth-order valence-corrected chi connectivity index (χ4v) is 14.2. The van der Waals surface area contributed by atoms with Crippen LogP contribution in [-0.4, -0.2) is 257 Å². The molecule has 0 bridgehead atoms. The van der Waals surface area contributed by atoms with Crippen LogP contribution in [0.4, 0.5) is 0 Å². The molecule has 6 aromatic rings. The van der Waals surface area contributed by atoms with E-state index >= 15 is 19.2 Å². The number of imidazole rings is 1. The van der Waals surface area contributed by atoms with Crippen LogP contribution in [0.25, 0.3) is 0 Å². The van der Waals surface area contributed by atoms with Gasteiger partial charge in [-0.05, 0) is 126 Å². The number of aliphatic hydroxyl groups excluding tert-OH is 2. The number of primary amides is 1. The topological polar surface area (TPSA) is 650 Å². The number of benzene rings is 5. The summed E-state index contributed by atoms with van der Waals surface area (Å²) in [6.45, 7) is 7.48. The average molecular weight is 1810 g/mol. The summed E-state index contributed by atoms with van der Waals surface area (Å²) in [5.74, 6) is -19.9. The number of nitrogens with one attached hydrogen (secondary N) is 16. The maximum absolute atomic E-state index is 15.4. The van der Waals surface area contributed by atoms with Crippen molar-refractivity contribution in [2.75, 3.05) is 37.7 Å². The first-order chi connectivity index (χ1) is 61.2. The molecule has 0 saturated carbocycles. The Morgan fingerprint density at radius 3 is 1.12 bits per heavy atom. The van der Waals surface area contributed by atoms with Crippen LogP contribution >= 0.6 is 11.8 Å². The van der Waals surface area contributed by atoms with Gasteiger partial charge in [-0.3, -0.25) is 76.7 Å². The number of H-pyrrole nitrogens is 1. The van der Waals surface area contributed by atoms with Crippen LogP contribution < -0.4 is 85.5 Å². The molecule has 129 heavy (non-hydrogen) atoms. The van der Waals surface area contributed by atoms with Crippen molar-refractivity contribution in [3.63, 3.8) is 0 Å². The third kappa shape index (κ3) is 34.4. The highest BCUT2D eigenvalue weighted by atomic mass is 32.2. The van der Waals surface area contributed by atoms with E-state index in [4.69, 9.17) is 5.73 Å². The number of nitrogens with zero attached hydrogens (tertiary/aromatic N) is 1. The van der Waals surface area contributed by atoms with Gasteiger partial charge in [-0.1, -0.05) is 109 Å². The zero-order valence-electron chi connectivity index (χ0n) is 72.1. The predicted octanol–water partition coefficient (Wildman–Crippen LogP) is -3.40. The number of rotatable bonds is 23. The molecule has 1 aromatic heterocycles. The van der Waals surface area contributed by atoms with Gasteiger partial charge in [-0.25, -0.2) is 4.98 Å². The Bertz CT molecular complexity index is 4840. The number of aromatic hydroxyl groups is 5. The highest BCUT2D eigenvalue weighted by molar-refractivity contribution is 8.00. The summed E-state index contributed by atoms with van der Waals surface area (Å²) in [4.78, 5) is 237. The zero-order chi connectivity index (χ0) is 94.7. The number of hydrogen-bond donors (Lipinski definition) is 24. The molecule has 0 aliphatic carbocycles. The van der Waals surface area contributed by atoms with Crippen LogP contribution in [0, 0.1) is 17.8 Å². The summed E-state index contributed by atoms with van der Waals surface area (Å²) in [5.41, 5.74) is 7.20. The van der Waals surface area contributed by atoms with E-state index in [0.29, 0.717) is 27.8 Å². The quantitative estimate of drug-likeness (QED) is 0.0297. The van der Waals surface area contributed by atoms with Crippen LogP contribution in [0.1, 0.15) is 101 Å². The number of aliphatic hydroxyl groups is 2. The second-order valence-corrected chi connectivity index (χ2v) is 33.1. The van der Waals surface area contributed by atoms with E-state index in [9.17, 15) is 93.3 Å². The largest absolute Gasteiger partial charge is 0.508 e. The minimum absolute atomic E-state index is 0.108. The molecule has 25 N–H and O–H groups in total. The number of phenols is 5. The molecule has 42 heteroatoms. The van der Waals surface area contributed by atoms with E-state index in [1.165, 1.54) is 134 Å². The van der Waals surface area contributed by atoms with Crippen molar-refractivity contribution in [3.05, 3.63) is 167 Å². The zero-order valence-corrected chi connectivity index (χ0v) is 73.0. The molecule has 16 amide bonds. The Kier molecular flexibility index (Phi) is 40.0. The molecule has 41 nitrogen and oxygen atoms in total. The van der Waals surface area contributed by atoms with Crippen molar-refractivity contribution < 1.29 is 112 Å². The lowest BCUT2D eigenvalue weighted by molar-refractivity contribution is -0.136. The van der Waals surface area contributed by atoms with Crippen molar-refractivity contribution in [2.24, 2.45) is 23.5 Å². The van der Waals surface area contributed by atoms with Gasteiger partial charge >= 0.3 is 0 Å². The normalized spacial score (nSPS) is 22.8. The van der Waals surface area contributed by atoms with Crippen LogP contribution in [0.15, 0.2) is 134 Å². The summed E-state index contributed by atoms with van der Waals surface area (Å²) in [5, 5.41) is 111. The first-order valence-corrected chi connectivity index (χ1v) is 42.9. The van der Waals surface area contributed by atoms with E-state index in [-0.39, 0.29) is 85.3 Å². The molecule has 1 aliphatic rings. The third-order valence-electron chi connectivity index (χ3n) is 20.5. The molecular weight excluding hydrogens is 1700 g/mol. The Balaban J connectivity index is 1.29. The molecule has 2 heterocycles. The van der Waals surface area contributed by atoms with Crippen LogP contribution in [0.5, 0.6) is 28.7 Å². The Labute approximate surface area is 747 Å². The van der Waals surface area contributed by atoms with Gasteiger partial charge in [0.2, 0.25) is 94.5 Å². The molecule has 696 valence electrons. The Morgan fingerprint density at radius 1 is 0.411 bits per heavy atom. The first kappa shape index (κ1) is 102. The lowest BCUT2D eigenvalue weighted by Gasteiger charge is -2.30. The summed E-state index contributed by atoms with van der Waals surface area (Å²) in [7, 11) is 0. The van der Waals surface area contributed by atoms with Crippen molar-refractivity contribution in [1.29, 1.82) is 0 Å². The standard InChI is InChI=1S/C87H114N18O23S/c1-8-47(6)74-86(127)102-66(35-53-17-27-59(112)28-18-53)82(123)98-64(33-51-13-23-57(110)24-14-51)81(122)99-65(34-52-15-25-58(111)26-16-52)83(124)103-68(41-106)85(126)96-61(30-46(4)5)79(120)97-62(31-49-9-19-55(108)20-10-49)77(118)92-40-72(115)104-75(48(7)107)87(128)101-60(29-45(2)3)76(117)91-39-71(114)95-69(78(119)90-38-70(88)113)42-129-43-73(116)94-63(32-50-11-21-56(109)22-12-50)80(121)100-67(84(125)105-74)36-54-37-89-44-93-54/h9-28,37,44-48,60-69,74-75,106-112H,8,29-36,38-43H2,1-7H3,(H2,88,113)(H,89,93)(H,90,119)(H,91,117)(H,92,118)(H,94,116)(H,95,114)(H,96,126)(H,97,120)(H,98,123)(H,99,122)(H,100,121)(H,101,128)(H,102,127)(H,103,124)(H,104,115)(H,105,125)/t47-,48-,60-,61-,62-,63-,64-,65-,66-,67-,68-,69-,74-,75-/m0/s1. The Hall–Kier alpha value is -13.9. The lowest BCUT2D eigenvalue weighted by atomic mass is 9.96. The molecule has 0 unspecified atom stereocenters. The molecule has 1 saturated heterocycles. The van der Waals surface area contributed by atoms with Gasteiger partial charge in [0.25, 0.3) is 0 Å². The molecule has 7 rings (SSSR count). The van der Waals surface area contributed by atoms with Crippen molar-refractivity contribution in [1.82, 2.24) is 89.7 Å². The number of phenolic OH excluding ortho intramolecular Hbond substituents is 5. The molecule has 1 fully saturated rings. The number of hydrogen-bond acceptors (Lipinski definition) is 25. The number of carbonyl (C=O) groups excluding carboxylic acids is 16. The second kappa shape index (κ2) is 50.4. The van der Waals surface area contributed by atoms with Gasteiger partial charge in [-0.2, -0.15) is 0 Å². The molecule has 5 aromatic carbocycles. The first-order valence-electron chi connectivity index (χ1n) is 41.7. The van der Waals surface area contributed by atoms with Crippen molar-refractivity contribution in [2.45, 2.75) is 185 Å². The predicted molar refractivity (Wildman–Crippen MR) is 467 cm³/mol. The van der Waals surface area contributed by atoms with Gasteiger partial charge in [0, 0.05) is 50.5 Å². The number of aromatic amines is 1. The third-order valence-corrected chi connectivity index (χ3v) is 21.5. The van der Waals surface area contributed by atoms with E-state index in [0.717, 1.165) is 18.7 Å². The van der Waals surface area contributed by atoms with Crippen LogP contribution in [0.2, 0.25) is 0 Å². The van der Waals surface area contributed by atoms with Gasteiger partial charge in [0.05, 0.1) is 50.1 Å². The molecule has 0 spiro atoms. The number of amides is 16. The van der Waals surface area contributed by atoms with E-state index < -0.39 is 236 Å². The molecular formula is C87H114N18O23S. The molecule has 0 radical (unpaired) electrons. The van der Waals surface area contributed by atoms with Crippen molar-refractivity contribution >= 4 is 106 Å². The van der Waals surface area contributed by atoms with Crippen LogP contribution in [-0.2, 0) is 115 Å². The number of nitrogens with two attached hydrogens (primary N) is 1. The summed E-state index contributed by atoms with van der Waals surface area (Å²) in [6.07, 6.45) is -1.26. The molecule has 1 aliphatic heterocycles. The van der Waals surface area contributed by atoms with Crippen molar-refractivity contribution in [3.8, 4) is 28.7 Å². The van der Waals surface area contributed by atoms with Crippen LogP contribution in [0.3, 0.4) is 0 Å². The minimum Gasteiger partial charge on any atom is -0.508 e. The lowest BCUT2D eigenvalue weighted by Crippen LogP contribution is -2.62. The monoisotopic (exact) mass is 1810 g/mol. The summed E-state index contributed by atoms with van der Waals surface area (Å²) < 4.78 is 0. The summed E-state index contributed by atoms with van der Waals surface area (Å²) >= 11 is 0.744. The SMILES string of the molecule is CC[C@H](C)[C@@H]1NC(=O)[C@H](Cc2c[nH]cn2)NC(=O)[C@H](Cc2ccc(O)cc2)NC(=O)CSC[C@@H](C(=O)NCC(N)=O)NC(=O)CNC(=O)[C@H](CC(C)C)NC(=O)[C@H]([C@H](C)O)NC(=O)CNC(=O)[C@H](Cc2ccc(O)cc2)NC(=O)[C@H](CC(C)C)NC(=O)[C@H](CO)NC(=O)[C@H](Cc2ccc(O)cc2)NC(=O)[C@H](Cc2ccc(O)cc2)NC(=O)[C@H](Cc2ccc(O)cc2)NC1=O. The van der Waals surface area contributed by atoms with E-state index in [1.54, 1.807) is 41.5 Å². The number of carbonyl (C=O) groups is 16. The molecule has 14 atom stereocenters. The Morgan fingerprint density at radius 2 is 0.736 bits per heavy atom. The smallest absolute Gasteiger partial charge is 0.245 e. The second-order valence-electron chi connectivity index (χ2n) is 32.1. The fraction of sp³-hybridized carbons (Fsp3) is 0.437. The van der Waals surface area contributed by atoms with Gasteiger partial charge in [-0.15, -0.1) is 11.8 Å². The maximum atomic E-state index is 15.4. The van der Waals surface area contributed by atoms with Gasteiger partial charge in [0.1, 0.15) is 101 Å². The van der Waals surface area contributed by atoms with Gasteiger partial charge < -0.3 is 126 Å². The number of thioether (sulfide) groups is 1. The maximum Gasteiger partial charge on any atom is 0.245 e. The fourth-order valence-electron chi connectivity index (χ4n) is 13.4. The summed E-state index contributed by atoms with van der Waals surface area (Å²) in [6, 6.07) is 7.34. The van der Waals surface area contributed by atoms with E-state index in [2.05, 4.69) is 89.7 Å². The van der Waals surface area contributed by atoms with Gasteiger partial charge in [0.15, 0.2) is 0 Å². The average Bonchev–Trinajstić information content (AvgIpc) is 1.33. The minimum atomic E-state index is -1.93. The van der Waals surface area contributed by atoms with E-state index in [1.807, 2.05) is 0 Å². The number of aromatic nitrogens is 2. The highest BCUT2D eigenvalue weighted by Crippen LogP contribution is 2.21.